The lowest BCUT2D eigenvalue weighted by atomic mass is 10.1. The third-order valence-corrected chi connectivity index (χ3v) is 2.42. The molecular formula is C13H13NO. The molecule has 0 bridgehead atoms. The summed E-state index contributed by atoms with van der Waals surface area (Å²) in [5.74, 6) is 0.297. The molecule has 0 saturated heterocycles. The highest BCUT2D eigenvalue weighted by atomic mass is 16.5. The van der Waals surface area contributed by atoms with Crippen molar-refractivity contribution in [3.05, 3.63) is 48.0 Å². The van der Waals surface area contributed by atoms with E-state index in [9.17, 15) is 0 Å². The van der Waals surface area contributed by atoms with Crippen molar-refractivity contribution in [3.8, 4) is 0 Å². The molecule has 0 aromatic heterocycles. The van der Waals surface area contributed by atoms with Crippen LogP contribution in [0.4, 0.5) is 0 Å². The Morgan fingerprint density at radius 2 is 1.87 bits per heavy atom. The molecule has 2 aromatic carbocycles. The third-order valence-electron chi connectivity index (χ3n) is 2.42. The van der Waals surface area contributed by atoms with Crippen molar-refractivity contribution >= 4 is 16.7 Å². The molecule has 0 unspecified atom stereocenters. The number of ether oxygens (including phenoxy) is 1. The van der Waals surface area contributed by atoms with Crippen LogP contribution in [0, 0.1) is 5.41 Å². The van der Waals surface area contributed by atoms with Gasteiger partial charge in [-0.3, -0.25) is 5.41 Å². The molecular weight excluding hydrogens is 186 g/mol. The number of hydrogen-bond acceptors (Lipinski definition) is 2. The first-order valence-corrected chi connectivity index (χ1v) is 4.88. The SMILES string of the molecule is COC(=N)Cc1ccc2ccccc2c1. The van der Waals surface area contributed by atoms with Crippen LogP contribution in [0.1, 0.15) is 5.56 Å². The molecule has 0 atom stereocenters. The van der Waals surface area contributed by atoms with Gasteiger partial charge in [0.2, 0.25) is 0 Å². The van der Waals surface area contributed by atoms with Crippen molar-refractivity contribution in [2.75, 3.05) is 7.11 Å². The fraction of sp³-hybridized carbons (Fsp3) is 0.154. The summed E-state index contributed by atoms with van der Waals surface area (Å²) in [6.07, 6.45) is 0.557. The molecule has 0 saturated carbocycles. The van der Waals surface area contributed by atoms with Gasteiger partial charge in [0, 0.05) is 6.42 Å². The summed E-state index contributed by atoms with van der Waals surface area (Å²) in [6.45, 7) is 0. The molecule has 0 spiro atoms. The maximum Gasteiger partial charge on any atom is 0.184 e. The van der Waals surface area contributed by atoms with Crippen molar-refractivity contribution in [1.82, 2.24) is 0 Å². The highest BCUT2D eigenvalue weighted by molar-refractivity contribution is 5.84. The average Bonchev–Trinajstić information content (AvgIpc) is 2.29. The van der Waals surface area contributed by atoms with E-state index in [0.717, 1.165) is 5.56 Å². The normalized spacial score (nSPS) is 10.2. The van der Waals surface area contributed by atoms with E-state index in [1.54, 1.807) is 0 Å². The Balaban J connectivity index is 2.34. The van der Waals surface area contributed by atoms with Gasteiger partial charge in [-0.2, -0.15) is 0 Å². The maximum atomic E-state index is 7.46. The van der Waals surface area contributed by atoms with Crippen LogP contribution in [-0.2, 0) is 11.2 Å². The standard InChI is InChI=1S/C13H13NO/c1-15-13(14)9-10-6-7-11-4-2-3-5-12(11)8-10/h2-8,14H,9H2,1H3. The second-order valence-corrected chi connectivity index (χ2v) is 3.49. The summed E-state index contributed by atoms with van der Waals surface area (Å²) in [5.41, 5.74) is 1.11. The van der Waals surface area contributed by atoms with Gasteiger partial charge in [-0.25, -0.2) is 0 Å². The molecule has 15 heavy (non-hydrogen) atoms. The molecule has 0 aliphatic heterocycles. The molecule has 0 aliphatic carbocycles. The number of benzene rings is 2. The van der Waals surface area contributed by atoms with Gasteiger partial charge in [0.25, 0.3) is 0 Å². The number of methoxy groups -OCH3 is 1. The van der Waals surface area contributed by atoms with Gasteiger partial charge in [-0.15, -0.1) is 0 Å². The van der Waals surface area contributed by atoms with Crippen molar-refractivity contribution in [3.63, 3.8) is 0 Å². The quantitative estimate of drug-likeness (QED) is 0.585. The van der Waals surface area contributed by atoms with Gasteiger partial charge in [-0.1, -0.05) is 42.5 Å². The van der Waals surface area contributed by atoms with Crippen molar-refractivity contribution < 1.29 is 4.74 Å². The Morgan fingerprint density at radius 3 is 2.60 bits per heavy atom. The van der Waals surface area contributed by atoms with Crippen LogP contribution in [0.15, 0.2) is 42.5 Å². The van der Waals surface area contributed by atoms with Crippen LogP contribution >= 0.6 is 0 Å². The summed E-state index contributed by atoms with van der Waals surface area (Å²) in [5, 5.41) is 9.90. The number of fused-ring (bicyclic) bond motifs is 1. The molecule has 76 valence electrons. The summed E-state index contributed by atoms with van der Waals surface area (Å²) in [6, 6.07) is 14.4. The van der Waals surface area contributed by atoms with Gasteiger partial charge in [0.05, 0.1) is 7.11 Å². The van der Waals surface area contributed by atoms with E-state index in [0.29, 0.717) is 12.3 Å². The summed E-state index contributed by atoms with van der Waals surface area (Å²) in [7, 11) is 1.53. The second-order valence-electron chi connectivity index (χ2n) is 3.49. The molecule has 0 radical (unpaired) electrons. The molecule has 2 heteroatoms. The Hall–Kier alpha value is -1.83. The van der Waals surface area contributed by atoms with E-state index in [2.05, 4.69) is 24.3 Å². The third kappa shape index (κ3) is 2.15. The van der Waals surface area contributed by atoms with Crippen LogP contribution < -0.4 is 0 Å². The van der Waals surface area contributed by atoms with E-state index >= 15 is 0 Å². The molecule has 0 amide bonds. The Bertz CT molecular complexity index is 491. The smallest absolute Gasteiger partial charge is 0.184 e. The molecule has 0 heterocycles. The van der Waals surface area contributed by atoms with Gasteiger partial charge >= 0.3 is 0 Å². The van der Waals surface area contributed by atoms with Gasteiger partial charge in [-0.05, 0) is 16.3 Å². The van der Waals surface area contributed by atoms with Crippen molar-refractivity contribution in [1.29, 1.82) is 5.41 Å². The predicted octanol–water partition coefficient (Wildman–Crippen LogP) is 3.01. The minimum absolute atomic E-state index is 0.297. The molecule has 0 aliphatic rings. The second kappa shape index (κ2) is 4.13. The van der Waals surface area contributed by atoms with Crippen LogP contribution in [0.25, 0.3) is 10.8 Å². The minimum atomic E-state index is 0.297. The number of hydrogen-bond donors (Lipinski definition) is 1. The first kappa shape index (κ1) is 9.71. The van der Waals surface area contributed by atoms with Gasteiger partial charge in [0.15, 0.2) is 5.90 Å². The molecule has 0 fully saturated rings. The monoisotopic (exact) mass is 199 g/mol. The van der Waals surface area contributed by atoms with Crippen molar-refractivity contribution in [2.24, 2.45) is 0 Å². The van der Waals surface area contributed by atoms with E-state index in [1.807, 2.05) is 18.2 Å². The van der Waals surface area contributed by atoms with E-state index in [4.69, 9.17) is 10.1 Å². The average molecular weight is 199 g/mol. The van der Waals surface area contributed by atoms with Crippen molar-refractivity contribution in [2.45, 2.75) is 6.42 Å². The summed E-state index contributed by atoms with van der Waals surface area (Å²) >= 11 is 0. The first-order valence-electron chi connectivity index (χ1n) is 4.88. The van der Waals surface area contributed by atoms with Crippen LogP contribution in [0.2, 0.25) is 0 Å². The summed E-state index contributed by atoms with van der Waals surface area (Å²) in [4.78, 5) is 0. The Labute approximate surface area is 89.0 Å². The zero-order valence-electron chi connectivity index (χ0n) is 8.66. The number of rotatable bonds is 2. The zero-order valence-corrected chi connectivity index (χ0v) is 8.66. The topological polar surface area (TPSA) is 33.1 Å². The Morgan fingerprint density at radius 1 is 1.13 bits per heavy atom. The fourth-order valence-corrected chi connectivity index (χ4v) is 1.61. The number of nitrogens with one attached hydrogen (secondary N) is 1. The van der Waals surface area contributed by atoms with Gasteiger partial charge in [0.1, 0.15) is 0 Å². The van der Waals surface area contributed by atoms with E-state index in [1.165, 1.54) is 17.9 Å². The lowest BCUT2D eigenvalue weighted by Gasteiger charge is -2.04. The molecule has 2 aromatic rings. The lowest BCUT2D eigenvalue weighted by molar-refractivity contribution is 0.390. The largest absolute Gasteiger partial charge is 0.484 e. The minimum Gasteiger partial charge on any atom is -0.484 e. The first-order chi connectivity index (χ1) is 7.29. The Kier molecular flexibility index (Phi) is 2.68. The lowest BCUT2D eigenvalue weighted by Crippen LogP contribution is -2.03. The molecule has 2 nitrogen and oxygen atoms in total. The molecule has 2 rings (SSSR count). The van der Waals surface area contributed by atoms with E-state index < -0.39 is 0 Å². The summed E-state index contributed by atoms with van der Waals surface area (Å²) < 4.78 is 4.85. The predicted molar refractivity (Wildman–Crippen MR) is 62.4 cm³/mol. The zero-order chi connectivity index (χ0) is 10.7. The maximum absolute atomic E-state index is 7.46. The highest BCUT2D eigenvalue weighted by Gasteiger charge is 1.99. The van der Waals surface area contributed by atoms with Crippen LogP contribution in [0.3, 0.4) is 0 Å². The van der Waals surface area contributed by atoms with Crippen LogP contribution in [-0.4, -0.2) is 13.0 Å². The fourth-order valence-electron chi connectivity index (χ4n) is 1.61. The van der Waals surface area contributed by atoms with Gasteiger partial charge < -0.3 is 4.74 Å². The van der Waals surface area contributed by atoms with E-state index in [-0.39, 0.29) is 0 Å². The molecule has 1 N–H and O–H groups in total. The van der Waals surface area contributed by atoms with Crippen LogP contribution in [0.5, 0.6) is 0 Å². The highest BCUT2D eigenvalue weighted by Crippen LogP contribution is 2.16.